The van der Waals surface area contributed by atoms with Crippen LogP contribution in [0.15, 0.2) is 33.7 Å². The first-order chi connectivity index (χ1) is 15.4. The fourth-order valence-electron chi connectivity index (χ4n) is 4.62. The van der Waals surface area contributed by atoms with E-state index in [9.17, 15) is 8.42 Å². The van der Waals surface area contributed by atoms with Crippen molar-refractivity contribution >= 4 is 15.8 Å². The van der Waals surface area contributed by atoms with Crippen molar-refractivity contribution in [1.82, 2.24) is 15.0 Å². The summed E-state index contributed by atoms with van der Waals surface area (Å²) < 4.78 is 34.4. The van der Waals surface area contributed by atoms with E-state index in [0.717, 1.165) is 63.8 Å². The van der Waals surface area contributed by atoms with Crippen molar-refractivity contribution in [3.63, 3.8) is 0 Å². The number of rotatable bonds is 9. The van der Waals surface area contributed by atoms with Crippen LogP contribution in [0.4, 0.5) is 5.95 Å². The highest BCUT2D eigenvalue weighted by Gasteiger charge is 2.26. The number of ether oxygens (including phenoxy) is 1. The van der Waals surface area contributed by atoms with Crippen LogP contribution in [0.1, 0.15) is 44.9 Å². The monoisotopic (exact) mass is 462 g/mol. The molecule has 0 radical (unpaired) electrons. The van der Waals surface area contributed by atoms with Gasteiger partial charge in [-0.05, 0) is 86.5 Å². The lowest BCUT2D eigenvalue weighted by Gasteiger charge is -2.34. The molecule has 32 heavy (non-hydrogen) atoms. The van der Waals surface area contributed by atoms with Gasteiger partial charge in [0, 0.05) is 19.3 Å². The molecule has 8 nitrogen and oxygen atoms in total. The predicted molar refractivity (Wildman–Crippen MR) is 123 cm³/mol. The summed E-state index contributed by atoms with van der Waals surface area (Å²) in [4.78, 5) is 9.54. The van der Waals surface area contributed by atoms with Crippen molar-refractivity contribution in [2.24, 2.45) is 11.8 Å². The Kier molecular flexibility index (Phi) is 7.35. The zero-order chi connectivity index (χ0) is 22.6. The van der Waals surface area contributed by atoms with Gasteiger partial charge in [-0.1, -0.05) is 6.92 Å². The van der Waals surface area contributed by atoms with E-state index in [2.05, 4.69) is 26.9 Å². The number of likely N-dealkylation sites (tertiary alicyclic amines) is 1. The number of benzene rings is 1. The summed E-state index contributed by atoms with van der Waals surface area (Å²) in [5, 5.41) is 4.21. The number of nitrogens with zero attached hydrogens (tertiary/aromatic N) is 4. The maximum absolute atomic E-state index is 11.5. The first-order valence-electron chi connectivity index (χ1n) is 11.6. The van der Waals surface area contributed by atoms with Gasteiger partial charge in [0.25, 0.3) is 5.95 Å². The molecule has 0 N–H and O–H groups in total. The minimum Gasteiger partial charge on any atom is -0.494 e. The minimum atomic E-state index is -3.17. The third-order valence-electron chi connectivity index (χ3n) is 6.74. The Labute approximate surface area is 190 Å². The van der Waals surface area contributed by atoms with Crippen molar-refractivity contribution in [1.29, 1.82) is 0 Å². The summed E-state index contributed by atoms with van der Waals surface area (Å²) >= 11 is 0. The number of anilines is 1. The number of hydrogen-bond acceptors (Lipinski definition) is 8. The van der Waals surface area contributed by atoms with Crippen molar-refractivity contribution in [2.75, 3.05) is 43.9 Å². The van der Waals surface area contributed by atoms with Crippen LogP contribution >= 0.6 is 0 Å². The molecule has 9 heteroatoms. The molecule has 176 valence electrons. The molecule has 4 rings (SSSR count). The second-order valence-corrected chi connectivity index (χ2v) is 11.2. The number of sulfone groups is 1. The van der Waals surface area contributed by atoms with Crippen molar-refractivity contribution in [3.05, 3.63) is 30.2 Å². The van der Waals surface area contributed by atoms with Crippen LogP contribution < -0.4 is 9.64 Å². The average Bonchev–Trinajstić information content (AvgIpc) is 3.46. The van der Waals surface area contributed by atoms with Crippen LogP contribution in [0.3, 0.4) is 0 Å². The summed E-state index contributed by atoms with van der Waals surface area (Å²) in [6.07, 6.45) is 6.92. The zero-order valence-electron chi connectivity index (χ0n) is 19.1. The van der Waals surface area contributed by atoms with Gasteiger partial charge in [0.2, 0.25) is 5.89 Å². The Morgan fingerprint density at radius 3 is 2.47 bits per heavy atom. The third-order valence-corrected chi connectivity index (χ3v) is 7.86. The van der Waals surface area contributed by atoms with Gasteiger partial charge in [-0.2, -0.15) is 4.98 Å². The smallest absolute Gasteiger partial charge is 0.266 e. The first kappa shape index (κ1) is 23.0. The Morgan fingerprint density at radius 1 is 1.12 bits per heavy atom. The van der Waals surface area contributed by atoms with Crippen molar-refractivity contribution in [2.45, 2.75) is 50.5 Å². The minimum absolute atomic E-state index is 0.315. The van der Waals surface area contributed by atoms with Gasteiger partial charge in [0.1, 0.15) is 5.75 Å². The van der Waals surface area contributed by atoms with Crippen LogP contribution in [-0.2, 0) is 16.4 Å². The molecule has 0 aliphatic carbocycles. The molecule has 1 atom stereocenters. The lowest BCUT2D eigenvalue weighted by Crippen LogP contribution is -2.36. The van der Waals surface area contributed by atoms with E-state index in [-0.39, 0.29) is 0 Å². The van der Waals surface area contributed by atoms with E-state index in [1.807, 2.05) is 0 Å². The molecule has 2 saturated heterocycles. The maximum Gasteiger partial charge on any atom is 0.266 e. The van der Waals surface area contributed by atoms with E-state index >= 15 is 0 Å². The lowest BCUT2D eigenvalue weighted by atomic mass is 9.84. The molecular formula is C23H34N4O4S. The van der Waals surface area contributed by atoms with Crippen molar-refractivity contribution in [3.8, 4) is 5.75 Å². The number of piperidine rings is 1. The summed E-state index contributed by atoms with van der Waals surface area (Å²) in [6, 6.07) is 6.64. The Bertz CT molecular complexity index is 962. The zero-order valence-corrected chi connectivity index (χ0v) is 19.9. The molecule has 0 unspecified atom stereocenters. The molecule has 0 saturated carbocycles. The molecule has 3 heterocycles. The van der Waals surface area contributed by atoms with Gasteiger partial charge in [-0.25, -0.2) is 8.42 Å². The standard InChI is InChI=1S/C23H34N4O4S/c1-18(11-16-30-20-5-7-21(8-6-20)32(2,28)29)19-9-14-27(15-10-19)23-24-22(31-25-23)17-26-12-3-4-13-26/h5-8,18-19H,3-4,9-17H2,1-2H3/t18-/m1/s1. The quantitative estimate of drug-likeness (QED) is 0.560. The van der Waals surface area contributed by atoms with E-state index < -0.39 is 9.84 Å². The van der Waals surface area contributed by atoms with Gasteiger partial charge >= 0.3 is 0 Å². The topological polar surface area (TPSA) is 88.8 Å². The SMILES string of the molecule is C[C@H](CCOc1ccc(S(C)(=O)=O)cc1)C1CCN(c2noc(CN3CCCC3)n2)CC1. The number of aromatic nitrogens is 2. The summed E-state index contributed by atoms with van der Waals surface area (Å²) in [7, 11) is -3.17. The third kappa shape index (κ3) is 6.01. The van der Waals surface area contributed by atoms with E-state index in [4.69, 9.17) is 9.26 Å². The fraction of sp³-hybridized carbons (Fsp3) is 0.652. The predicted octanol–water partition coefficient (Wildman–Crippen LogP) is 3.39. The van der Waals surface area contributed by atoms with Crippen LogP contribution in [0.25, 0.3) is 0 Å². The average molecular weight is 463 g/mol. The Hall–Kier alpha value is -2.13. The second-order valence-electron chi connectivity index (χ2n) is 9.15. The van der Waals surface area contributed by atoms with Crippen LogP contribution in [-0.4, -0.2) is 62.5 Å². The van der Waals surface area contributed by atoms with Gasteiger partial charge < -0.3 is 14.2 Å². The van der Waals surface area contributed by atoms with Gasteiger partial charge in [-0.15, -0.1) is 0 Å². The molecule has 0 amide bonds. The fourth-order valence-corrected chi connectivity index (χ4v) is 5.25. The Morgan fingerprint density at radius 2 is 1.81 bits per heavy atom. The molecular weight excluding hydrogens is 428 g/mol. The molecule has 1 aromatic carbocycles. The first-order valence-corrected chi connectivity index (χ1v) is 13.5. The number of hydrogen-bond donors (Lipinski definition) is 0. The molecule has 2 aliphatic heterocycles. The normalized spacial score (nSPS) is 19.4. The molecule has 2 aromatic rings. The van der Waals surface area contributed by atoms with E-state index in [0.29, 0.717) is 29.1 Å². The van der Waals surface area contributed by atoms with Gasteiger partial charge in [0.15, 0.2) is 9.84 Å². The molecule has 2 fully saturated rings. The van der Waals surface area contributed by atoms with E-state index in [1.165, 1.54) is 19.1 Å². The van der Waals surface area contributed by atoms with Crippen molar-refractivity contribution < 1.29 is 17.7 Å². The highest BCUT2D eigenvalue weighted by molar-refractivity contribution is 7.90. The van der Waals surface area contributed by atoms with Crippen LogP contribution in [0, 0.1) is 11.8 Å². The van der Waals surface area contributed by atoms with Gasteiger partial charge in [0.05, 0.1) is 18.0 Å². The Balaban J connectivity index is 1.18. The van der Waals surface area contributed by atoms with Gasteiger partial charge in [-0.3, -0.25) is 4.90 Å². The van der Waals surface area contributed by atoms with Crippen LogP contribution in [0.5, 0.6) is 5.75 Å². The second kappa shape index (κ2) is 10.2. The van der Waals surface area contributed by atoms with E-state index in [1.54, 1.807) is 24.3 Å². The summed E-state index contributed by atoms with van der Waals surface area (Å²) in [5.41, 5.74) is 0. The largest absolute Gasteiger partial charge is 0.494 e. The lowest BCUT2D eigenvalue weighted by molar-refractivity contribution is 0.222. The molecule has 1 aromatic heterocycles. The maximum atomic E-state index is 11.5. The summed E-state index contributed by atoms with van der Waals surface area (Å²) in [6.45, 7) is 7.82. The molecule has 2 aliphatic rings. The highest BCUT2D eigenvalue weighted by Crippen LogP contribution is 2.29. The van der Waals surface area contributed by atoms with Crippen LogP contribution in [0.2, 0.25) is 0 Å². The summed E-state index contributed by atoms with van der Waals surface area (Å²) in [5.74, 6) is 3.37. The molecule has 0 bridgehead atoms. The highest BCUT2D eigenvalue weighted by atomic mass is 32.2. The molecule has 0 spiro atoms.